The van der Waals surface area contributed by atoms with Crippen molar-refractivity contribution in [3.05, 3.63) is 59.5 Å². The molecule has 1 amide bonds. The summed E-state index contributed by atoms with van der Waals surface area (Å²) in [5, 5.41) is 0. The van der Waals surface area contributed by atoms with Gasteiger partial charge in [0.25, 0.3) is 5.91 Å². The molecule has 1 aliphatic rings. The summed E-state index contributed by atoms with van der Waals surface area (Å²) in [5.74, 6) is 0.439. The van der Waals surface area contributed by atoms with E-state index in [-0.39, 0.29) is 17.8 Å². The van der Waals surface area contributed by atoms with E-state index in [2.05, 4.69) is 4.98 Å². The molecule has 120 valence electrons. The van der Waals surface area contributed by atoms with Gasteiger partial charge in [0.15, 0.2) is 0 Å². The number of carbonyl (C=O) groups is 1. The van der Waals surface area contributed by atoms with Crippen LogP contribution in [-0.2, 0) is 6.54 Å². The molecule has 1 fully saturated rings. The summed E-state index contributed by atoms with van der Waals surface area (Å²) >= 11 is 0. The van der Waals surface area contributed by atoms with Crippen molar-refractivity contribution in [2.24, 2.45) is 0 Å². The van der Waals surface area contributed by atoms with Gasteiger partial charge in [0.05, 0.1) is 5.56 Å². The number of aromatic nitrogens is 1. The Kier molecular flexibility index (Phi) is 4.28. The first-order valence-electron chi connectivity index (χ1n) is 7.74. The first kappa shape index (κ1) is 15.5. The summed E-state index contributed by atoms with van der Waals surface area (Å²) in [7, 11) is 3.80. The van der Waals surface area contributed by atoms with Crippen LogP contribution in [0.4, 0.5) is 10.2 Å². The molecular formula is C18H20FN3O. The maximum absolute atomic E-state index is 13.9. The SMILES string of the molecule is CN(C)c1ccc(C(=O)N(Cc2ccccc2F)C2CC2)cn1. The number of hydrogen-bond donors (Lipinski definition) is 0. The fourth-order valence-electron chi connectivity index (χ4n) is 2.51. The van der Waals surface area contributed by atoms with Crippen molar-refractivity contribution in [1.29, 1.82) is 0 Å². The second kappa shape index (κ2) is 6.36. The Bertz CT molecular complexity index is 696. The molecule has 0 aliphatic heterocycles. The first-order chi connectivity index (χ1) is 11.1. The van der Waals surface area contributed by atoms with Crippen LogP contribution in [0.5, 0.6) is 0 Å². The zero-order chi connectivity index (χ0) is 16.4. The number of nitrogens with zero attached hydrogens (tertiary/aromatic N) is 3. The Balaban J connectivity index is 1.81. The summed E-state index contributed by atoms with van der Waals surface area (Å²) in [4.78, 5) is 20.7. The molecule has 2 aromatic rings. The molecule has 1 heterocycles. The van der Waals surface area contributed by atoms with Gasteiger partial charge in [0.1, 0.15) is 11.6 Å². The fourth-order valence-corrected chi connectivity index (χ4v) is 2.51. The van der Waals surface area contributed by atoms with E-state index in [1.54, 1.807) is 35.4 Å². The van der Waals surface area contributed by atoms with Crippen molar-refractivity contribution >= 4 is 11.7 Å². The highest BCUT2D eigenvalue weighted by Crippen LogP contribution is 2.30. The maximum Gasteiger partial charge on any atom is 0.255 e. The van der Waals surface area contributed by atoms with E-state index in [4.69, 9.17) is 0 Å². The third-order valence-corrected chi connectivity index (χ3v) is 4.00. The van der Waals surface area contributed by atoms with E-state index in [0.717, 1.165) is 18.7 Å². The van der Waals surface area contributed by atoms with Gasteiger partial charge < -0.3 is 9.80 Å². The summed E-state index contributed by atoms with van der Waals surface area (Å²) in [5.41, 5.74) is 1.09. The molecule has 0 radical (unpaired) electrons. The van der Waals surface area contributed by atoms with Gasteiger partial charge in [0.2, 0.25) is 0 Å². The van der Waals surface area contributed by atoms with E-state index in [1.807, 2.05) is 25.1 Å². The van der Waals surface area contributed by atoms with Crippen molar-refractivity contribution in [3.63, 3.8) is 0 Å². The number of pyridine rings is 1. The predicted octanol–water partition coefficient (Wildman–Crippen LogP) is 3.09. The molecule has 0 saturated heterocycles. The highest BCUT2D eigenvalue weighted by atomic mass is 19.1. The van der Waals surface area contributed by atoms with Crippen LogP contribution in [0.1, 0.15) is 28.8 Å². The van der Waals surface area contributed by atoms with Gasteiger partial charge in [-0.1, -0.05) is 18.2 Å². The normalized spacial score (nSPS) is 13.7. The summed E-state index contributed by atoms with van der Waals surface area (Å²) in [6.07, 6.45) is 3.54. The predicted molar refractivity (Wildman–Crippen MR) is 87.9 cm³/mol. The van der Waals surface area contributed by atoms with E-state index in [9.17, 15) is 9.18 Å². The summed E-state index contributed by atoms with van der Waals surface area (Å²) in [6, 6.07) is 10.4. The Hall–Kier alpha value is -2.43. The standard InChI is InChI=1S/C18H20FN3O/c1-21(2)17-10-7-13(11-20-17)18(23)22(15-8-9-15)12-14-5-3-4-6-16(14)19/h3-7,10-11,15H,8-9,12H2,1-2H3. The second-order valence-corrected chi connectivity index (χ2v) is 6.06. The lowest BCUT2D eigenvalue weighted by molar-refractivity contribution is 0.0728. The smallest absolute Gasteiger partial charge is 0.255 e. The number of carbonyl (C=O) groups excluding carboxylic acids is 1. The van der Waals surface area contributed by atoms with Gasteiger partial charge in [0, 0.05) is 38.4 Å². The molecule has 1 aliphatic carbocycles. The van der Waals surface area contributed by atoms with Crippen molar-refractivity contribution in [2.45, 2.75) is 25.4 Å². The molecule has 0 unspecified atom stereocenters. The lowest BCUT2D eigenvalue weighted by Crippen LogP contribution is -2.33. The van der Waals surface area contributed by atoms with Crippen LogP contribution in [0.25, 0.3) is 0 Å². The first-order valence-corrected chi connectivity index (χ1v) is 7.74. The van der Waals surface area contributed by atoms with Crippen LogP contribution in [0.2, 0.25) is 0 Å². The average Bonchev–Trinajstić information content (AvgIpc) is 3.38. The van der Waals surface area contributed by atoms with E-state index in [0.29, 0.717) is 17.7 Å². The Morgan fingerprint density at radius 2 is 1.96 bits per heavy atom. The number of hydrogen-bond acceptors (Lipinski definition) is 3. The molecule has 3 rings (SSSR count). The molecule has 1 saturated carbocycles. The van der Waals surface area contributed by atoms with E-state index in [1.165, 1.54) is 6.07 Å². The van der Waals surface area contributed by atoms with Gasteiger partial charge in [-0.15, -0.1) is 0 Å². The van der Waals surface area contributed by atoms with Crippen LogP contribution in [0.15, 0.2) is 42.6 Å². The molecule has 1 aromatic carbocycles. The zero-order valence-electron chi connectivity index (χ0n) is 13.4. The van der Waals surface area contributed by atoms with Gasteiger partial charge in [-0.3, -0.25) is 4.79 Å². The minimum Gasteiger partial charge on any atom is -0.363 e. The largest absolute Gasteiger partial charge is 0.363 e. The van der Waals surface area contributed by atoms with Crippen molar-refractivity contribution in [1.82, 2.24) is 9.88 Å². The average molecular weight is 313 g/mol. The van der Waals surface area contributed by atoms with E-state index >= 15 is 0 Å². The number of amides is 1. The maximum atomic E-state index is 13.9. The van der Waals surface area contributed by atoms with Crippen LogP contribution in [0, 0.1) is 5.82 Å². The third kappa shape index (κ3) is 3.50. The molecule has 5 heteroatoms. The van der Waals surface area contributed by atoms with Crippen LogP contribution in [0.3, 0.4) is 0 Å². The molecule has 4 nitrogen and oxygen atoms in total. The van der Waals surface area contributed by atoms with Crippen LogP contribution in [-0.4, -0.2) is 35.9 Å². The van der Waals surface area contributed by atoms with E-state index < -0.39 is 0 Å². The molecular weight excluding hydrogens is 293 g/mol. The van der Waals surface area contributed by atoms with Crippen LogP contribution >= 0.6 is 0 Å². The lowest BCUT2D eigenvalue weighted by atomic mass is 10.1. The van der Waals surface area contributed by atoms with Gasteiger partial charge >= 0.3 is 0 Å². The quantitative estimate of drug-likeness (QED) is 0.851. The number of benzene rings is 1. The molecule has 0 atom stereocenters. The highest BCUT2D eigenvalue weighted by Gasteiger charge is 2.33. The monoisotopic (exact) mass is 313 g/mol. The van der Waals surface area contributed by atoms with Crippen LogP contribution < -0.4 is 4.90 Å². The zero-order valence-corrected chi connectivity index (χ0v) is 13.4. The molecule has 0 N–H and O–H groups in total. The Morgan fingerprint density at radius 3 is 2.52 bits per heavy atom. The summed E-state index contributed by atoms with van der Waals surface area (Å²) < 4.78 is 13.9. The van der Waals surface area contributed by atoms with Gasteiger partial charge in [-0.05, 0) is 31.0 Å². The fraction of sp³-hybridized carbons (Fsp3) is 0.333. The topological polar surface area (TPSA) is 36.4 Å². The lowest BCUT2D eigenvalue weighted by Gasteiger charge is -2.23. The third-order valence-electron chi connectivity index (χ3n) is 4.00. The van der Waals surface area contributed by atoms with Crippen molar-refractivity contribution < 1.29 is 9.18 Å². The number of halogens is 1. The highest BCUT2D eigenvalue weighted by molar-refractivity contribution is 5.94. The van der Waals surface area contributed by atoms with Gasteiger partial charge in [-0.25, -0.2) is 9.37 Å². The van der Waals surface area contributed by atoms with Crippen molar-refractivity contribution in [2.75, 3.05) is 19.0 Å². The molecule has 0 spiro atoms. The molecule has 1 aromatic heterocycles. The molecule has 0 bridgehead atoms. The number of anilines is 1. The van der Waals surface area contributed by atoms with Crippen molar-refractivity contribution in [3.8, 4) is 0 Å². The minimum atomic E-state index is -0.271. The second-order valence-electron chi connectivity index (χ2n) is 6.06. The Morgan fingerprint density at radius 1 is 1.22 bits per heavy atom. The molecule has 23 heavy (non-hydrogen) atoms. The minimum absolute atomic E-state index is 0.0893. The summed E-state index contributed by atoms with van der Waals surface area (Å²) in [6.45, 7) is 0.297. The Labute approximate surface area is 135 Å². The van der Waals surface area contributed by atoms with Gasteiger partial charge in [-0.2, -0.15) is 0 Å². The number of rotatable bonds is 5.